The number of rotatable bonds is 5. The van der Waals surface area contributed by atoms with Crippen LogP contribution in [0.1, 0.15) is 25.7 Å². The van der Waals surface area contributed by atoms with E-state index in [0.717, 1.165) is 26.5 Å². The number of carbonyl (C=O) groups excluding carboxylic acids is 1. The number of ether oxygens (including phenoxy) is 1. The Morgan fingerprint density at radius 1 is 1.56 bits per heavy atom. The average Bonchev–Trinajstić information content (AvgIpc) is 2.77. The third-order valence-electron chi connectivity index (χ3n) is 2.89. The highest BCUT2D eigenvalue weighted by atomic mass is 16.5. The Morgan fingerprint density at radius 3 is 2.69 bits per heavy atom. The van der Waals surface area contributed by atoms with Crippen molar-refractivity contribution in [1.82, 2.24) is 5.32 Å². The van der Waals surface area contributed by atoms with Crippen LogP contribution in [0.3, 0.4) is 0 Å². The molecule has 0 spiro atoms. The van der Waals surface area contributed by atoms with Crippen molar-refractivity contribution in [2.75, 3.05) is 13.7 Å². The quantitative estimate of drug-likeness (QED) is 0.436. The van der Waals surface area contributed by atoms with E-state index in [1.807, 2.05) is 0 Å². The molecule has 1 fully saturated rings. The van der Waals surface area contributed by atoms with Crippen LogP contribution in [0.15, 0.2) is 0 Å². The molecule has 0 bridgehead atoms. The van der Waals surface area contributed by atoms with Crippen LogP contribution in [0.2, 0.25) is 0 Å². The van der Waals surface area contributed by atoms with Gasteiger partial charge in [0, 0.05) is 6.04 Å². The van der Waals surface area contributed by atoms with Gasteiger partial charge in [-0.2, -0.15) is 0 Å². The Kier molecular flexibility index (Phi) is 4.26. The third kappa shape index (κ3) is 2.70. The largest absolute Gasteiger partial charge is 0.479 e. The SMILES string of the molecule is COC(=O)C(O)(CCC1CCCN1)C(=O)O. The molecule has 0 aromatic rings. The lowest BCUT2D eigenvalue weighted by Gasteiger charge is -2.21. The molecule has 0 amide bonds. The van der Waals surface area contributed by atoms with Crippen LogP contribution in [0, 0.1) is 0 Å². The lowest BCUT2D eigenvalue weighted by molar-refractivity contribution is -0.179. The van der Waals surface area contributed by atoms with Crippen molar-refractivity contribution in [3.05, 3.63) is 0 Å². The highest BCUT2D eigenvalue weighted by Crippen LogP contribution is 2.20. The van der Waals surface area contributed by atoms with Crippen LogP contribution >= 0.6 is 0 Å². The summed E-state index contributed by atoms with van der Waals surface area (Å²) >= 11 is 0. The van der Waals surface area contributed by atoms with Gasteiger partial charge in [-0.15, -0.1) is 0 Å². The molecular weight excluding hydrogens is 214 g/mol. The number of aliphatic hydroxyl groups is 1. The highest BCUT2D eigenvalue weighted by Gasteiger charge is 2.45. The molecule has 0 aromatic carbocycles. The Bertz CT molecular complexity index is 274. The summed E-state index contributed by atoms with van der Waals surface area (Å²) in [6.45, 7) is 0.897. The van der Waals surface area contributed by atoms with Crippen LogP contribution in [0.4, 0.5) is 0 Å². The van der Waals surface area contributed by atoms with E-state index in [0.29, 0.717) is 6.42 Å². The van der Waals surface area contributed by atoms with Gasteiger partial charge in [-0.1, -0.05) is 0 Å². The summed E-state index contributed by atoms with van der Waals surface area (Å²) in [7, 11) is 1.06. The van der Waals surface area contributed by atoms with Gasteiger partial charge >= 0.3 is 11.9 Å². The summed E-state index contributed by atoms with van der Waals surface area (Å²) in [5.74, 6) is -2.67. The van der Waals surface area contributed by atoms with Gasteiger partial charge in [-0.25, -0.2) is 9.59 Å². The molecule has 6 nitrogen and oxygen atoms in total. The zero-order chi connectivity index (χ0) is 12.2. The normalized spacial score (nSPS) is 23.8. The number of carboxylic acid groups (broad SMARTS) is 1. The first-order valence-corrected chi connectivity index (χ1v) is 5.28. The second-order valence-electron chi connectivity index (χ2n) is 3.99. The molecule has 1 saturated heterocycles. The predicted octanol–water partition coefficient (Wildman–Crippen LogP) is -0.493. The van der Waals surface area contributed by atoms with E-state index >= 15 is 0 Å². The standard InChI is InChI=1S/C10H17NO5/c1-16-9(14)10(15,8(12)13)5-4-7-3-2-6-11-7/h7,11,15H,2-6H2,1H3,(H,12,13). The zero-order valence-corrected chi connectivity index (χ0v) is 9.23. The number of carbonyl (C=O) groups is 2. The lowest BCUT2D eigenvalue weighted by Crippen LogP contribution is -2.48. The van der Waals surface area contributed by atoms with E-state index in [9.17, 15) is 14.7 Å². The minimum atomic E-state index is -2.42. The second kappa shape index (κ2) is 5.27. The van der Waals surface area contributed by atoms with E-state index in [4.69, 9.17) is 5.11 Å². The van der Waals surface area contributed by atoms with Crippen LogP contribution in [0.25, 0.3) is 0 Å². The summed E-state index contributed by atoms with van der Waals surface area (Å²) in [5, 5.41) is 21.7. The van der Waals surface area contributed by atoms with Gasteiger partial charge in [0.25, 0.3) is 5.60 Å². The monoisotopic (exact) mass is 231 g/mol. The van der Waals surface area contributed by atoms with Gasteiger partial charge in [0.2, 0.25) is 0 Å². The van der Waals surface area contributed by atoms with Gasteiger partial charge in [-0.3, -0.25) is 0 Å². The number of carboxylic acids is 1. The molecular formula is C10H17NO5. The Morgan fingerprint density at radius 2 is 2.25 bits per heavy atom. The number of hydrogen-bond donors (Lipinski definition) is 3. The third-order valence-corrected chi connectivity index (χ3v) is 2.89. The molecule has 1 aliphatic heterocycles. The molecule has 1 aliphatic rings. The number of esters is 1. The smallest absolute Gasteiger partial charge is 0.349 e. The predicted molar refractivity (Wildman–Crippen MR) is 54.9 cm³/mol. The first kappa shape index (κ1) is 12.9. The maximum Gasteiger partial charge on any atom is 0.349 e. The van der Waals surface area contributed by atoms with Crippen molar-refractivity contribution < 1.29 is 24.5 Å². The summed E-state index contributed by atoms with van der Waals surface area (Å²) in [5.41, 5.74) is -2.42. The molecule has 16 heavy (non-hydrogen) atoms. The van der Waals surface area contributed by atoms with E-state index in [1.54, 1.807) is 0 Å². The topological polar surface area (TPSA) is 95.9 Å². The molecule has 92 valence electrons. The number of hydrogen-bond acceptors (Lipinski definition) is 5. The first-order chi connectivity index (χ1) is 7.50. The first-order valence-electron chi connectivity index (χ1n) is 5.28. The van der Waals surface area contributed by atoms with Crippen molar-refractivity contribution in [1.29, 1.82) is 0 Å². The minimum absolute atomic E-state index is 0.132. The van der Waals surface area contributed by atoms with Crippen molar-refractivity contribution >= 4 is 11.9 Å². The fourth-order valence-corrected chi connectivity index (χ4v) is 1.85. The summed E-state index contributed by atoms with van der Waals surface area (Å²) in [6.07, 6.45) is 2.29. The van der Waals surface area contributed by atoms with E-state index < -0.39 is 17.5 Å². The molecule has 0 radical (unpaired) electrons. The molecule has 1 heterocycles. The molecule has 1 rings (SSSR count). The van der Waals surface area contributed by atoms with Crippen molar-refractivity contribution in [3.63, 3.8) is 0 Å². The Hall–Kier alpha value is -1.14. The second-order valence-corrected chi connectivity index (χ2v) is 3.99. The van der Waals surface area contributed by atoms with E-state index in [1.165, 1.54) is 0 Å². The molecule has 0 aliphatic carbocycles. The van der Waals surface area contributed by atoms with Crippen molar-refractivity contribution in [3.8, 4) is 0 Å². The van der Waals surface area contributed by atoms with Crippen molar-refractivity contribution in [2.45, 2.75) is 37.3 Å². The van der Waals surface area contributed by atoms with Crippen LogP contribution in [-0.2, 0) is 14.3 Å². The summed E-state index contributed by atoms with van der Waals surface area (Å²) < 4.78 is 4.30. The van der Waals surface area contributed by atoms with Gasteiger partial charge in [0.05, 0.1) is 7.11 Å². The molecule has 0 saturated carbocycles. The Balaban J connectivity index is 2.56. The van der Waals surface area contributed by atoms with Gasteiger partial charge < -0.3 is 20.3 Å². The lowest BCUT2D eigenvalue weighted by atomic mass is 9.94. The average molecular weight is 231 g/mol. The minimum Gasteiger partial charge on any atom is -0.479 e. The summed E-state index contributed by atoms with van der Waals surface area (Å²) in [6, 6.07) is 0.176. The number of methoxy groups -OCH3 is 1. The fourth-order valence-electron chi connectivity index (χ4n) is 1.85. The Labute approximate surface area is 93.6 Å². The molecule has 2 atom stereocenters. The van der Waals surface area contributed by atoms with Gasteiger partial charge in [-0.05, 0) is 32.2 Å². The maximum atomic E-state index is 11.2. The van der Waals surface area contributed by atoms with Crippen LogP contribution in [0.5, 0.6) is 0 Å². The van der Waals surface area contributed by atoms with E-state index in [-0.39, 0.29) is 12.5 Å². The maximum absolute atomic E-state index is 11.2. The van der Waals surface area contributed by atoms with Gasteiger partial charge in [0.15, 0.2) is 0 Å². The molecule has 0 aromatic heterocycles. The van der Waals surface area contributed by atoms with Gasteiger partial charge in [0.1, 0.15) is 0 Å². The summed E-state index contributed by atoms with van der Waals surface area (Å²) in [4.78, 5) is 22.1. The molecule has 2 unspecified atom stereocenters. The van der Waals surface area contributed by atoms with Crippen molar-refractivity contribution in [2.24, 2.45) is 0 Å². The van der Waals surface area contributed by atoms with E-state index in [2.05, 4.69) is 10.1 Å². The zero-order valence-electron chi connectivity index (χ0n) is 9.23. The number of aliphatic carboxylic acids is 1. The fraction of sp³-hybridized carbons (Fsp3) is 0.800. The molecule has 3 N–H and O–H groups in total. The highest BCUT2D eigenvalue weighted by molar-refractivity contribution is 6.02. The number of nitrogens with one attached hydrogen (secondary N) is 1. The van der Waals surface area contributed by atoms with Crippen LogP contribution in [-0.4, -0.2) is 47.4 Å². The van der Waals surface area contributed by atoms with Crippen LogP contribution < -0.4 is 5.32 Å². The molecule has 6 heteroatoms.